The molecule has 0 N–H and O–H groups in total. The van der Waals surface area contributed by atoms with Crippen molar-refractivity contribution in [2.75, 3.05) is 0 Å². The molecule has 1 aliphatic rings. The third kappa shape index (κ3) is 1.76. The third-order valence-corrected chi connectivity index (χ3v) is 11.4. The van der Waals surface area contributed by atoms with Crippen LogP contribution in [0.5, 0.6) is 0 Å². The minimum atomic E-state index is -7.13. The molecule has 1 fully saturated rings. The van der Waals surface area contributed by atoms with Crippen molar-refractivity contribution in [2.45, 2.75) is 73.8 Å². The normalized spacial score (nSPS) is 29.2. The van der Waals surface area contributed by atoms with Crippen molar-refractivity contribution < 1.29 is 48.3 Å². The second kappa shape index (κ2) is 5.23. The van der Waals surface area contributed by atoms with E-state index in [1.54, 1.807) is 0 Å². The molecule has 0 amide bonds. The number of halogens is 11. The first-order valence-electron chi connectivity index (χ1n) is 7.01. The molecule has 0 saturated heterocycles. The fourth-order valence-corrected chi connectivity index (χ4v) is 7.98. The fourth-order valence-electron chi connectivity index (χ4n) is 3.37. The van der Waals surface area contributed by atoms with Gasteiger partial charge >= 0.3 is 29.6 Å². The largest absolute Gasteiger partial charge is 0.384 e. The Morgan fingerprint density at radius 3 is 0.875 bits per heavy atom. The summed E-state index contributed by atoms with van der Waals surface area (Å²) >= 11 is 0. The van der Waals surface area contributed by atoms with E-state index in [9.17, 15) is 43.9 Å². The van der Waals surface area contributed by atoms with Crippen molar-refractivity contribution in [1.29, 1.82) is 0 Å². The van der Waals surface area contributed by atoms with Crippen LogP contribution in [0.3, 0.4) is 0 Å². The Kier molecular flexibility index (Phi) is 4.68. The van der Waals surface area contributed by atoms with Crippen LogP contribution in [0.2, 0.25) is 18.1 Å². The molecule has 0 aromatic heterocycles. The maximum Gasteiger partial charge on any atom is 0.384 e. The second-order valence-corrected chi connectivity index (χ2v) is 11.2. The summed E-state index contributed by atoms with van der Waals surface area (Å²) in [7, 11) is -4.91. The van der Waals surface area contributed by atoms with Crippen LogP contribution in [0.1, 0.15) is 20.8 Å². The molecule has 0 spiro atoms. The number of hydrogen-bond acceptors (Lipinski definition) is 0. The molecule has 12 heteroatoms. The van der Waals surface area contributed by atoms with Crippen LogP contribution in [-0.4, -0.2) is 43.0 Å². The molecule has 0 nitrogen and oxygen atoms in total. The van der Waals surface area contributed by atoms with Gasteiger partial charge in [0, 0.05) is 0 Å². The van der Waals surface area contributed by atoms with Gasteiger partial charge in [-0.25, -0.2) is 4.39 Å². The third-order valence-electron chi connectivity index (χ3n) is 5.20. The molecular formula is C12H15F11Si. The maximum absolute atomic E-state index is 15.1. The van der Waals surface area contributed by atoms with E-state index in [2.05, 4.69) is 0 Å². The van der Waals surface area contributed by atoms with Crippen molar-refractivity contribution in [1.82, 2.24) is 0 Å². The highest BCUT2D eigenvalue weighted by molar-refractivity contribution is 6.83. The van der Waals surface area contributed by atoms with Crippen molar-refractivity contribution in [3.63, 3.8) is 0 Å². The number of alkyl halides is 11. The van der Waals surface area contributed by atoms with Gasteiger partial charge in [0.25, 0.3) is 0 Å². The molecule has 0 atom stereocenters. The smallest absolute Gasteiger partial charge is 0.234 e. The van der Waals surface area contributed by atoms with Crippen LogP contribution in [0.25, 0.3) is 0 Å². The lowest BCUT2D eigenvalue weighted by Gasteiger charge is -2.58. The molecule has 0 aromatic rings. The van der Waals surface area contributed by atoms with E-state index in [4.69, 9.17) is 0 Å². The van der Waals surface area contributed by atoms with Crippen LogP contribution in [0.4, 0.5) is 48.3 Å². The van der Waals surface area contributed by atoms with E-state index < -0.39 is 61.1 Å². The van der Waals surface area contributed by atoms with Crippen LogP contribution < -0.4 is 0 Å². The molecular weight excluding hydrogens is 381 g/mol. The SMILES string of the molecule is CC[Si](CC)(CC)C1(F)C(F)(F)C(F)(F)C(F)(F)C(F)(F)C1(F)F. The molecule has 0 aromatic carbocycles. The fraction of sp³-hybridized carbons (Fsp3) is 1.00. The predicted octanol–water partition coefficient (Wildman–Crippen LogP) is 5.93. The van der Waals surface area contributed by atoms with Gasteiger partial charge in [-0.15, -0.1) is 0 Å². The number of rotatable bonds is 4. The van der Waals surface area contributed by atoms with Gasteiger partial charge in [-0.05, 0) is 0 Å². The second-order valence-electron chi connectivity index (χ2n) is 5.87. The highest BCUT2D eigenvalue weighted by Crippen LogP contribution is 2.72. The van der Waals surface area contributed by atoms with Crippen LogP contribution in [0, 0.1) is 0 Å². The van der Waals surface area contributed by atoms with Crippen molar-refractivity contribution in [3.8, 4) is 0 Å². The molecule has 1 saturated carbocycles. The molecule has 0 heterocycles. The first-order valence-corrected chi connectivity index (χ1v) is 9.63. The Bertz CT molecular complexity index is 457. The summed E-state index contributed by atoms with van der Waals surface area (Å²) in [6.07, 6.45) is 0. The lowest BCUT2D eigenvalue weighted by Crippen LogP contribution is -2.89. The van der Waals surface area contributed by atoms with Gasteiger partial charge in [0.1, 0.15) is 8.07 Å². The quantitative estimate of drug-likeness (QED) is 0.408. The monoisotopic (exact) mass is 396 g/mol. The minimum absolute atomic E-state index is 0.834. The Hall–Kier alpha value is -0.553. The Morgan fingerprint density at radius 1 is 0.458 bits per heavy atom. The predicted molar refractivity (Wildman–Crippen MR) is 65.8 cm³/mol. The molecule has 1 rings (SSSR count). The Morgan fingerprint density at radius 2 is 0.667 bits per heavy atom. The average molecular weight is 396 g/mol. The standard InChI is InChI=1S/C12H15F11Si/c1-4-24(5-2,6-3)12(23)10(19,20)8(15,16)7(13,14)9(17,18)11(12,21)22/h4-6H2,1-3H3. The van der Waals surface area contributed by atoms with Crippen LogP contribution in [-0.2, 0) is 0 Å². The van der Waals surface area contributed by atoms with Gasteiger partial charge in [0.2, 0.25) is 5.29 Å². The van der Waals surface area contributed by atoms with Gasteiger partial charge in [-0.1, -0.05) is 38.9 Å². The zero-order valence-electron chi connectivity index (χ0n) is 12.8. The molecule has 0 unspecified atom stereocenters. The molecule has 0 radical (unpaired) electrons. The summed E-state index contributed by atoms with van der Waals surface area (Å²) in [5.41, 5.74) is 0. The Balaban J connectivity index is 4.02. The molecule has 0 aliphatic heterocycles. The van der Waals surface area contributed by atoms with Gasteiger partial charge in [-0.2, -0.15) is 43.9 Å². The topological polar surface area (TPSA) is 0 Å². The van der Waals surface area contributed by atoms with E-state index >= 15 is 4.39 Å². The zero-order valence-corrected chi connectivity index (χ0v) is 13.8. The minimum Gasteiger partial charge on any atom is -0.234 e. The van der Waals surface area contributed by atoms with Crippen LogP contribution in [0.15, 0.2) is 0 Å². The molecule has 1 aliphatic carbocycles. The Labute approximate surface area is 131 Å². The van der Waals surface area contributed by atoms with E-state index in [1.807, 2.05) is 0 Å². The van der Waals surface area contributed by atoms with Gasteiger partial charge in [0.05, 0.1) is 0 Å². The van der Waals surface area contributed by atoms with Gasteiger partial charge in [0.15, 0.2) is 0 Å². The van der Waals surface area contributed by atoms with Crippen LogP contribution >= 0.6 is 0 Å². The highest BCUT2D eigenvalue weighted by Gasteiger charge is 3.02. The summed E-state index contributed by atoms with van der Waals surface area (Å²) in [4.78, 5) is 0. The van der Waals surface area contributed by atoms with E-state index in [0.717, 1.165) is 20.8 Å². The van der Waals surface area contributed by atoms with E-state index in [0.29, 0.717) is 0 Å². The van der Waals surface area contributed by atoms with Gasteiger partial charge < -0.3 is 0 Å². The lowest BCUT2D eigenvalue weighted by atomic mass is 9.80. The molecule has 0 bridgehead atoms. The first kappa shape index (κ1) is 21.5. The van der Waals surface area contributed by atoms with Crippen molar-refractivity contribution in [2.24, 2.45) is 0 Å². The average Bonchev–Trinajstić information content (AvgIpc) is 2.47. The van der Waals surface area contributed by atoms with Crippen molar-refractivity contribution in [3.05, 3.63) is 0 Å². The van der Waals surface area contributed by atoms with E-state index in [-0.39, 0.29) is 0 Å². The highest BCUT2D eigenvalue weighted by atomic mass is 28.3. The van der Waals surface area contributed by atoms with Crippen molar-refractivity contribution >= 4 is 8.07 Å². The first-order chi connectivity index (χ1) is 10.4. The van der Waals surface area contributed by atoms with E-state index in [1.165, 1.54) is 0 Å². The summed E-state index contributed by atoms with van der Waals surface area (Å²) < 4.78 is 152. The summed E-state index contributed by atoms with van der Waals surface area (Å²) in [5, 5.41) is -5.75. The number of hydrogen-bond donors (Lipinski definition) is 0. The zero-order chi connectivity index (χ0) is 19.6. The summed E-state index contributed by atoms with van der Waals surface area (Å²) in [6, 6.07) is -2.50. The summed E-state index contributed by atoms with van der Waals surface area (Å²) in [6.45, 7) is 2.74. The van der Waals surface area contributed by atoms with Gasteiger partial charge in [-0.3, -0.25) is 0 Å². The summed E-state index contributed by atoms with van der Waals surface area (Å²) in [5.74, 6) is -34.5. The lowest BCUT2D eigenvalue weighted by molar-refractivity contribution is -0.472. The molecule has 144 valence electrons. The maximum atomic E-state index is 15.1. The molecule has 24 heavy (non-hydrogen) atoms.